The average Bonchev–Trinajstić information content (AvgIpc) is 3.91. The van der Waals surface area contributed by atoms with Gasteiger partial charge in [-0.15, -0.1) is 0 Å². The molecule has 0 radical (unpaired) electrons. The quantitative estimate of drug-likeness (QED) is 0.152. The lowest BCUT2D eigenvalue weighted by Gasteiger charge is -2.28. The van der Waals surface area contributed by atoms with Gasteiger partial charge in [-0.05, 0) is 138 Å². The van der Waals surface area contributed by atoms with E-state index in [1.807, 2.05) is 0 Å². The van der Waals surface area contributed by atoms with Crippen LogP contribution in [0.3, 0.4) is 0 Å². The van der Waals surface area contributed by atoms with E-state index in [1.54, 1.807) is 0 Å². The van der Waals surface area contributed by atoms with Gasteiger partial charge in [0.25, 0.3) is 0 Å². The number of rotatable bonds is 8. The number of aryl methyl sites for hydroxylation is 2. The molecule has 0 fully saturated rings. The molecule has 0 aliphatic carbocycles. The van der Waals surface area contributed by atoms with Crippen molar-refractivity contribution in [3.63, 3.8) is 0 Å². The fourth-order valence-electron chi connectivity index (χ4n) is 10.1. The van der Waals surface area contributed by atoms with Crippen LogP contribution >= 0.6 is 0 Å². The monoisotopic (exact) mass is 872 g/mol. The molecule has 0 aliphatic heterocycles. The van der Waals surface area contributed by atoms with Crippen molar-refractivity contribution < 1.29 is 8.83 Å². The molecule has 11 aromatic carbocycles. The molecule has 322 valence electrons. The van der Waals surface area contributed by atoms with E-state index in [9.17, 15) is 0 Å². The van der Waals surface area contributed by atoms with Gasteiger partial charge in [0, 0.05) is 61.5 Å². The first kappa shape index (κ1) is 39.5. The first-order valence-electron chi connectivity index (χ1n) is 23.2. The number of hydrogen-bond donors (Lipinski definition) is 0. The molecule has 0 saturated carbocycles. The van der Waals surface area contributed by atoms with Gasteiger partial charge in [0.05, 0.1) is 11.4 Å². The van der Waals surface area contributed by atoms with Gasteiger partial charge in [-0.3, -0.25) is 0 Å². The molecule has 4 nitrogen and oxygen atoms in total. The van der Waals surface area contributed by atoms with Crippen LogP contribution in [0.5, 0.6) is 0 Å². The Bertz CT molecular complexity index is 3780. The summed E-state index contributed by atoms with van der Waals surface area (Å²) in [5, 5.41) is 8.81. The van der Waals surface area contributed by atoms with Crippen LogP contribution in [0, 0.1) is 13.8 Å². The molecule has 68 heavy (non-hydrogen) atoms. The van der Waals surface area contributed by atoms with Gasteiger partial charge in [-0.1, -0.05) is 145 Å². The minimum Gasteiger partial charge on any atom is -0.456 e. The lowest BCUT2D eigenvalue weighted by Crippen LogP contribution is -2.11. The summed E-state index contributed by atoms with van der Waals surface area (Å²) < 4.78 is 13.4. The summed E-state index contributed by atoms with van der Waals surface area (Å²) >= 11 is 0. The molecule has 0 unspecified atom stereocenters. The third kappa shape index (κ3) is 6.77. The van der Waals surface area contributed by atoms with Crippen molar-refractivity contribution in [2.45, 2.75) is 13.8 Å². The summed E-state index contributed by atoms with van der Waals surface area (Å²) in [5.74, 6) is 0. The van der Waals surface area contributed by atoms with Crippen molar-refractivity contribution >= 4 is 99.5 Å². The standard InChI is InChI=1S/C64H44N2O2/c1-41-21-27-49(28-22-41)65(59-19-11-9-17-53(59)43-13-5-3-6-14-43)51-31-25-45-35-55-57-39-58-56-36-46-26-32-52(34-48(46)38-62(56)68-64(58)40-63(57)67-61(55)37-47(45)33-51)66(50-29-23-42(2)24-30-50)60-20-12-10-18-54(60)44-15-7-4-8-16-44/h3-40H,1-2H3. The molecular formula is C64H44N2O2. The summed E-state index contributed by atoms with van der Waals surface area (Å²) in [4.78, 5) is 4.72. The van der Waals surface area contributed by atoms with Crippen molar-refractivity contribution in [1.29, 1.82) is 0 Å². The Morgan fingerprint density at radius 1 is 0.279 bits per heavy atom. The predicted molar refractivity (Wildman–Crippen MR) is 286 cm³/mol. The van der Waals surface area contributed by atoms with E-state index >= 15 is 0 Å². The molecule has 0 aliphatic rings. The molecule has 2 aromatic heterocycles. The third-order valence-corrected chi connectivity index (χ3v) is 13.5. The Morgan fingerprint density at radius 2 is 0.647 bits per heavy atom. The van der Waals surface area contributed by atoms with Gasteiger partial charge in [-0.25, -0.2) is 0 Å². The Labute approximate surface area is 394 Å². The second-order valence-electron chi connectivity index (χ2n) is 17.9. The molecule has 0 spiro atoms. The summed E-state index contributed by atoms with van der Waals surface area (Å²) in [6.07, 6.45) is 0. The van der Waals surface area contributed by atoms with Gasteiger partial charge in [-0.2, -0.15) is 0 Å². The lowest BCUT2D eigenvalue weighted by molar-refractivity contribution is 0.656. The van der Waals surface area contributed by atoms with E-state index in [0.717, 1.165) is 99.5 Å². The molecular weight excluding hydrogens is 829 g/mol. The maximum Gasteiger partial charge on any atom is 0.139 e. The number of hydrogen-bond acceptors (Lipinski definition) is 4. The average molecular weight is 873 g/mol. The number of furan rings is 2. The van der Waals surface area contributed by atoms with E-state index in [4.69, 9.17) is 8.83 Å². The van der Waals surface area contributed by atoms with E-state index < -0.39 is 0 Å². The van der Waals surface area contributed by atoms with Gasteiger partial charge in [0.15, 0.2) is 0 Å². The van der Waals surface area contributed by atoms with E-state index in [-0.39, 0.29) is 0 Å². The predicted octanol–water partition coefficient (Wildman–Crippen LogP) is 18.7. The number of benzene rings is 11. The van der Waals surface area contributed by atoms with Crippen molar-refractivity contribution in [1.82, 2.24) is 0 Å². The van der Waals surface area contributed by atoms with Gasteiger partial charge in [0.2, 0.25) is 0 Å². The number of nitrogens with zero attached hydrogens (tertiary/aromatic N) is 2. The zero-order valence-corrected chi connectivity index (χ0v) is 37.7. The second kappa shape index (κ2) is 15.9. The smallest absolute Gasteiger partial charge is 0.139 e. The summed E-state index contributed by atoms with van der Waals surface area (Å²) in [7, 11) is 0. The first-order valence-corrected chi connectivity index (χ1v) is 23.2. The zero-order valence-electron chi connectivity index (χ0n) is 37.7. The fourth-order valence-corrected chi connectivity index (χ4v) is 10.1. The Balaban J connectivity index is 0.904. The maximum atomic E-state index is 6.70. The number of fused-ring (bicyclic) bond motifs is 8. The molecule has 2 heterocycles. The van der Waals surface area contributed by atoms with Gasteiger partial charge in [0.1, 0.15) is 22.3 Å². The molecule has 0 amide bonds. The molecule has 13 aromatic rings. The molecule has 4 heteroatoms. The Hall–Kier alpha value is -8.86. The highest BCUT2D eigenvalue weighted by Gasteiger charge is 2.21. The van der Waals surface area contributed by atoms with E-state index in [1.165, 1.54) is 33.4 Å². The molecule has 0 saturated heterocycles. The Kier molecular flexibility index (Phi) is 9.26. The van der Waals surface area contributed by atoms with Crippen LogP contribution in [0.1, 0.15) is 11.1 Å². The van der Waals surface area contributed by atoms with Crippen LogP contribution < -0.4 is 9.80 Å². The largest absolute Gasteiger partial charge is 0.456 e. The summed E-state index contributed by atoms with van der Waals surface area (Å²) in [6, 6.07) is 82.8. The maximum absolute atomic E-state index is 6.70. The number of anilines is 6. The number of para-hydroxylation sites is 2. The van der Waals surface area contributed by atoms with Crippen LogP contribution in [0.15, 0.2) is 239 Å². The van der Waals surface area contributed by atoms with Crippen molar-refractivity contribution in [3.8, 4) is 22.3 Å². The van der Waals surface area contributed by atoms with Gasteiger partial charge < -0.3 is 18.6 Å². The van der Waals surface area contributed by atoms with E-state index in [0.29, 0.717) is 0 Å². The van der Waals surface area contributed by atoms with Crippen molar-refractivity contribution in [2.75, 3.05) is 9.80 Å². The summed E-state index contributed by atoms with van der Waals surface area (Å²) in [5.41, 5.74) is 17.0. The van der Waals surface area contributed by atoms with Crippen molar-refractivity contribution in [2.24, 2.45) is 0 Å². The van der Waals surface area contributed by atoms with Crippen LogP contribution in [0.2, 0.25) is 0 Å². The van der Waals surface area contributed by atoms with Crippen LogP contribution in [-0.4, -0.2) is 0 Å². The highest BCUT2D eigenvalue weighted by atomic mass is 16.3. The molecule has 0 bridgehead atoms. The molecule has 0 N–H and O–H groups in total. The zero-order chi connectivity index (χ0) is 45.3. The highest BCUT2D eigenvalue weighted by Crippen LogP contribution is 2.45. The highest BCUT2D eigenvalue weighted by molar-refractivity contribution is 6.18. The third-order valence-electron chi connectivity index (χ3n) is 13.5. The minimum atomic E-state index is 0.804. The molecule has 13 rings (SSSR count). The normalized spacial score (nSPS) is 11.7. The second-order valence-corrected chi connectivity index (χ2v) is 17.9. The molecule has 0 atom stereocenters. The minimum absolute atomic E-state index is 0.804. The van der Waals surface area contributed by atoms with Crippen LogP contribution in [0.25, 0.3) is 87.7 Å². The van der Waals surface area contributed by atoms with Gasteiger partial charge >= 0.3 is 0 Å². The topological polar surface area (TPSA) is 32.8 Å². The summed E-state index contributed by atoms with van der Waals surface area (Å²) in [6.45, 7) is 4.26. The lowest BCUT2D eigenvalue weighted by atomic mass is 10.00. The SMILES string of the molecule is Cc1ccc(N(c2ccc3cc4c(cc3c2)oc2cc3oc5cc6cc(N(c7ccc(C)cc7)c7ccccc7-c7ccccc7)ccc6cc5c3cc24)c2ccccc2-c2ccccc2)cc1. The van der Waals surface area contributed by atoms with Crippen LogP contribution in [-0.2, 0) is 0 Å². The first-order chi connectivity index (χ1) is 33.5. The van der Waals surface area contributed by atoms with E-state index in [2.05, 4.69) is 254 Å². The van der Waals surface area contributed by atoms with Crippen LogP contribution in [0.4, 0.5) is 34.1 Å². The fraction of sp³-hybridized carbons (Fsp3) is 0.0312. The van der Waals surface area contributed by atoms with Crippen molar-refractivity contribution in [3.05, 3.63) is 242 Å². The Morgan fingerprint density at radius 3 is 1.09 bits per heavy atom.